The summed E-state index contributed by atoms with van der Waals surface area (Å²) in [6, 6.07) is 9.51. The molecule has 2 aromatic rings. The normalized spacial score (nSPS) is 16.5. The summed E-state index contributed by atoms with van der Waals surface area (Å²) < 4.78 is 55.7. The zero-order chi connectivity index (χ0) is 22.1. The molecule has 3 rings (SSSR count). The lowest BCUT2D eigenvalue weighted by molar-refractivity contribution is 0.0692. The Morgan fingerprint density at radius 2 is 1.67 bits per heavy atom. The van der Waals surface area contributed by atoms with E-state index in [0.717, 1.165) is 15.7 Å². The van der Waals surface area contributed by atoms with E-state index in [1.54, 1.807) is 24.3 Å². The maximum absolute atomic E-state index is 12.8. The van der Waals surface area contributed by atoms with Crippen LogP contribution >= 0.6 is 34.2 Å². The van der Waals surface area contributed by atoms with E-state index in [1.807, 2.05) is 0 Å². The van der Waals surface area contributed by atoms with Crippen molar-refractivity contribution in [2.75, 3.05) is 13.1 Å². The standard InChI is InChI=1S/C18H18ClIN2O6S2/c19-12-1-6-17(16(11-12)18(23)24)29(25,26)21-14-7-9-22(10-8-14)30(27,28)15-4-2-13(20)3-5-15/h1-6,11,14,21H,7-10H2,(H,23,24). The van der Waals surface area contributed by atoms with Gasteiger partial charge in [-0.2, -0.15) is 4.31 Å². The highest BCUT2D eigenvalue weighted by molar-refractivity contribution is 14.1. The fraction of sp³-hybridized carbons (Fsp3) is 0.278. The number of piperidine rings is 1. The first-order valence-electron chi connectivity index (χ1n) is 8.81. The molecule has 0 amide bonds. The van der Waals surface area contributed by atoms with Crippen LogP contribution in [0.3, 0.4) is 0 Å². The van der Waals surface area contributed by atoms with Gasteiger partial charge in [-0.3, -0.25) is 0 Å². The maximum atomic E-state index is 12.8. The van der Waals surface area contributed by atoms with Gasteiger partial charge in [0.1, 0.15) is 0 Å². The number of aromatic carboxylic acids is 1. The molecule has 0 bridgehead atoms. The summed E-state index contributed by atoms with van der Waals surface area (Å²) in [6.45, 7) is 0.293. The van der Waals surface area contributed by atoms with E-state index in [0.29, 0.717) is 0 Å². The Kier molecular flexibility index (Phi) is 7.09. The second kappa shape index (κ2) is 9.09. The summed E-state index contributed by atoms with van der Waals surface area (Å²) in [5.74, 6) is -1.41. The number of carboxylic acids is 1. The van der Waals surface area contributed by atoms with E-state index in [2.05, 4.69) is 27.3 Å². The van der Waals surface area contributed by atoms with Crippen molar-refractivity contribution in [1.29, 1.82) is 0 Å². The van der Waals surface area contributed by atoms with E-state index >= 15 is 0 Å². The number of benzene rings is 2. The lowest BCUT2D eigenvalue weighted by atomic mass is 10.1. The van der Waals surface area contributed by atoms with Crippen LogP contribution in [-0.2, 0) is 20.0 Å². The average Bonchev–Trinajstić information content (AvgIpc) is 2.68. The molecule has 0 unspecified atom stereocenters. The van der Waals surface area contributed by atoms with Crippen LogP contribution in [0.25, 0.3) is 0 Å². The predicted octanol–water partition coefficient (Wildman–Crippen LogP) is 2.77. The molecule has 0 radical (unpaired) electrons. The second-order valence-electron chi connectivity index (χ2n) is 6.70. The molecule has 0 atom stereocenters. The van der Waals surface area contributed by atoms with Crippen LogP contribution in [0.5, 0.6) is 0 Å². The number of sulfonamides is 2. The monoisotopic (exact) mass is 584 g/mol. The minimum Gasteiger partial charge on any atom is -0.478 e. The summed E-state index contributed by atoms with van der Waals surface area (Å²) in [4.78, 5) is 11.2. The van der Waals surface area contributed by atoms with Crippen molar-refractivity contribution in [3.05, 3.63) is 56.6 Å². The summed E-state index contributed by atoms with van der Waals surface area (Å²) in [5.41, 5.74) is -0.422. The minimum atomic E-state index is -4.12. The van der Waals surface area contributed by atoms with Gasteiger partial charge in [-0.05, 0) is 77.9 Å². The summed E-state index contributed by atoms with van der Waals surface area (Å²) in [5, 5.41) is 9.40. The second-order valence-corrected chi connectivity index (χ2v) is 12.0. The molecule has 0 saturated carbocycles. The molecule has 0 aromatic heterocycles. The fourth-order valence-electron chi connectivity index (χ4n) is 3.16. The first kappa shape index (κ1) is 23.4. The molecule has 30 heavy (non-hydrogen) atoms. The van der Waals surface area contributed by atoms with Crippen LogP contribution in [0.15, 0.2) is 52.3 Å². The molecule has 0 spiro atoms. The number of halogens is 2. The molecule has 12 heteroatoms. The summed E-state index contributed by atoms with van der Waals surface area (Å²) in [6.07, 6.45) is 0.525. The van der Waals surface area contributed by atoms with Crippen LogP contribution in [0.1, 0.15) is 23.2 Å². The average molecular weight is 585 g/mol. The van der Waals surface area contributed by atoms with Crippen molar-refractivity contribution in [3.63, 3.8) is 0 Å². The number of rotatable bonds is 6. The molecule has 1 heterocycles. The molecule has 1 aliphatic rings. The summed E-state index contributed by atoms with van der Waals surface area (Å²) >= 11 is 7.87. The van der Waals surface area contributed by atoms with E-state index in [9.17, 15) is 26.7 Å². The molecular formula is C18H18ClIN2O6S2. The first-order valence-corrected chi connectivity index (χ1v) is 13.2. The number of carboxylic acid groups (broad SMARTS) is 1. The van der Waals surface area contributed by atoms with Crippen LogP contribution in [0, 0.1) is 3.57 Å². The highest BCUT2D eigenvalue weighted by Gasteiger charge is 2.32. The lowest BCUT2D eigenvalue weighted by Gasteiger charge is -2.31. The Balaban J connectivity index is 1.71. The van der Waals surface area contributed by atoms with Gasteiger partial charge in [-0.15, -0.1) is 0 Å². The number of hydrogen-bond donors (Lipinski definition) is 2. The van der Waals surface area contributed by atoms with E-state index < -0.39 is 37.6 Å². The molecule has 162 valence electrons. The van der Waals surface area contributed by atoms with Gasteiger partial charge in [0.25, 0.3) is 0 Å². The Labute approximate surface area is 193 Å². The van der Waals surface area contributed by atoms with E-state index in [1.165, 1.54) is 10.4 Å². The van der Waals surface area contributed by atoms with Crippen molar-refractivity contribution in [2.45, 2.75) is 28.7 Å². The molecule has 1 aliphatic heterocycles. The van der Waals surface area contributed by atoms with Crippen molar-refractivity contribution in [3.8, 4) is 0 Å². The smallest absolute Gasteiger partial charge is 0.337 e. The molecule has 1 fully saturated rings. The third kappa shape index (κ3) is 5.14. The van der Waals surface area contributed by atoms with Gasteiger partial charge in [0.15, 0.2) is 0 Å². The van der Waals surface area contributed by atoms with Gasteiger partial charge < -0.3 is 5.11 Å². The van der Waals surface area contributed by atoms with Crippen molar-refractivity contribution >= 4 is 60.2 Å². The molecular weight excluding hydrogens is 567 g/mol. The maximum Gasteiger partial charge on any atom is 0.337 e. The predicted molar refractivity (Wildman–Crippen MR) is 120 cm³/mol. The number of nitrogens with zero attached hydrogens (tertiary/aromatic N) is 1. The van der Waals surface area contributed by atoms with Crippen LogP contribution in [0.4, 0.5) is 0 Å². The third-order valence-corrected chi connectivity index (χ3v) is 9.13. The molecule has 1 saturated heterocycles. The molecule has 2 N–H and O–H groups in total. The van der Waals surface area contributed by atoms with E-state index in [-0.39, 0.29) is 40.7 Å². The molecule has 2 aromatic carbocycles. The molecule has 0 aliphatic carbocycles. The van der Waals surface area contributed by atoms with E-state index in [4.69, 9.17) is 11.6 Å². The fourth-order valence-corrected chi connectivity index (χ4v) is 6.64. The number of nitrogens with one attached hydrogen (secondary N) is 1. The largest absolute Gasteiger partial charge is 0.478 e. The zero-order valence-electron chi connectivity index (χ0n) is 15.5. The van der Waals surface area contributed by atoms with Gasteiger partial charge in [0.2, 0.25) is 20.0 Å². The lowest BCUT2D eigenvalue weighted by Crippen LogP contribution is -2.46. The van der Waals surface area contributed by atoms with Gasteiger partial charge >= 0.3 is 5.97 Å². The summed E-state index contributed by atoms with van der Waals surface area (Å²) in [7, 11) is -7.78. The Morgan fingerprint density at radius 3 is 2.23 bits per heavy atom. The van der Waals surface area contributed by atoms with Crippen LogP contribution in [-0.4, -0.2) is 51.3 Å². The van der Waals surface area contributed by atoms with Crippen molar-refractivity contribution in [2.24, 2.45) is 0 Å². The van der Waals surface area contributed by atoms with Gasteiger partial charge in [-0.25, -0.2) is 26.4 Å². The highest BCUT2D eigenvalue weighted by Crippen LogP contribution is 2.24. The third-order valence-electron chi connectivity index (χ3n) is 4.69. The Hall–Kier alpha value is -1.25. The minimum absolute atomic E-state index is 0.112. The molecule has 8 nitrogen and oxygen atoms in total. The zero-order valence-corrected chi connectivity index (χ0v) is 20.0. The number of carbonyl (C=O) groups is 1. The van der Waals surface area contributed by atoms with Crippen LogP contribution in [0.2, 0.25) is 5.02 Å². The van der Waals surface area contributed by atoms with Gasteiger partial charge in [0.05, 0.1) is 15.4 Å². The topological polar surface area (TPSA) is 121 Å². The SMILES string of the molecule is O=C(O)c1cc(Cl)ccc1S(=O)(=O)NC1CCN(S(=O)(=O)c2ccc(I)cc2)CC1. The van der Waals surface area contributed by atoms with Gasteiger partial charge in [-0.1, -0.05) is 11.6 Å². The Bertz CT molecular complexity index is 1160. The number of hydrogen-bond acceptors (Lipinski definition) is 5. The quantitative estimate of drug-likeness (QED) is 0.504. The van der Waals surface area contributed by atoms with Crippen molar-refractivity contribution in [1.82, 2.24) is 9.03 Å². The van der Waals surface area contributed by atoms with Gasteiger partial charge in [0, 0.05) is 27.7 Å². The van der Waals surface area contributed by atoms with Crippen LogP contribution < -0.4 is 4.72 Å². The van der Waals surface area contributed by atoms with Crippen molar-refractivity contribution < 1.29 is 26.7 Å². The first-order chi connectivity index (χ1) is 14.0. The highest BCUT2D eigenvalue weighted by atomic mass is 127. The Morgan fingerprint density at radius 1 is 1.07 bits per heavy atom.